The number of hydrogen-bond donors (Lipinski definition) is 1. The molecule has 4 nitrogen and oxygen atoms in total. The molecule has 0 radical (unpaired) electrons. The minimum Gasteiger partial charge on any atom is -0.377 e. The minimum absolute atomic E-state index is 0.488. The van der Waals surface area contributed by atoms with E-state index in [1.54, 1.807) is 11.3 Å². The predicted molar refractivity (Wildman–Crippen MR) is 67.1 cm³/mol. The van der Waals surface area contributed by atoms with Crippen LogP contribution in [-0.2, 0) is 11.3 Å². The van der Waals surface area contributed by atoms with Crippen LogP contribution in [0, 0.1) is 0 Å². The summed E-state index contributed by atoms with van der Waals surface area (Å²) < 4.78 is 5.50. The van der Waals surface area contributed by atoms with Crippen molar-refractivity contribution in [3.05, 3.63) is 11.1 Å². The first-order chi connectivity index (χ1) is 7.85. The number of morpholine rings is 1. The molecule has 0 saturated carbocycles. The summed E-state index contributed by atoms with van der Waals surface area (Å²) in [6.45, 7) is 5.66. The molecule has 0 aromatic carbocycles. The maximum Gasteiger partial charge on any atom is 0.185 e. The van der Waals surface area contributed by atoms with Crippen LogP contribution >= 0.6 is 11.3 Å². The average Bonchev–Trinajstić information content (AvgIpc) is 2.78. The summed E-state index contributed by atoms with van der Waals surface area (Å²) >= 11 is 1.73. The van der Waals surface area contributed by atoms with Crippen LogP contribution in [0.3, 0.4) is 0 Å². The molecule has 1 saturated heterocycles. The number of aromatic nitrogens is 1. The Kier molecular flexibility index (Phi) is 4.15. The van der Waals surface area contributed by atoms with Gasteiger partial charge in [0.2, 0.25) is 0 Å². The molecule has 1 aliphatic rings. The minimum atomic E-state index is 0.488. The molecule has 1 fully saturated rings. The zero-order valence-electron chi connectivity index (χ0n) is 9.90. The molecular weight excluding hydrogens is 222 g/mol. The third-order valence-corrected chi connectivity index (χ3v) is 3.77. The van der Waals surface area contributed by atoms with Gasteiger partial charge in [-0.2, -0.15) is 0 Å². The molecule has 0 aliphatic carbocycles. The molecule has 5 heteroatoms. The van der Waals surface area contributed by atoms with Gasteiger partial charge in [0.05, 0.1) is 24.9 Å². The van der Waals surface area contributed by atoms with Crippen LogP contribution in [0.5, 0.6) is 0 Å². The van der Waals surface area contributed by atoms with Gasteiger partial charge in [0.25, 0.3) is 0 Å². The normalized spacial score (nSPS) is 21.4. The van der Waals surface area contributed by atoms with Crippen LogP contribution < -0.4 is 10.2 Å². The van der Waals surface area contributed by atoms with E-state index in [2.05, 4.69) is 27.5 Å². The Morgan fingerprint density at radius 3 is 3.31 bits per heavy atom. The van der Waals surface area contributed by atoms with E-state index in [0.29, 0.717) is 6.04 Å². The van der Waals surface area contributed by atoms with Crippen molar-refractivity contribution in [2.75, 3.05) is 31.7 Å². The number of nitrogens with zero attached hydrogens (tertiary/aromatic N) is 2. The quantitative estimate of drug-likeness (QED) is 0.866. The molecule has 0 amide bonds. The van der Waals surface area contributed by atoms with Crippen molar-refractivity contribution in [3.63, 3.8) is 0 Å². The number of rotatable bonds is 4. The van der Waals surface area contributed by atoms with Gasteiger partial charge in [-0.05, 0) is 13.5 Å². The van der Waals surface area contributed by atoms with E-state index in [0.717, 1.165) is 43.5 Å². The molecule has 2 heterocycles. The summed E-state index contributed by atoms with van der Waals surface area (Å²) in [6.07, 6.45) is 1.11. The molecule has 1 aliphatic heterocycles. The summed E-state index contributed by atoms with van der Waals surface area (Å²) in [4.78, 5) is 7.03. The Balaban J connectivity index is 2.08. The fourth-order valence-corrected chi connectivity index (χ4v) is 2.86. The van der Waals surface area contributed by atoms with Crippen molar-refractivity contribution in [2.45, 2.75) is 25.9 Å². The van der Waals surface area contributed by atoms with E-state index in [1.165, 1.54) is 0 Å². The molecule has 1 N–H and O–H groups in total. The molecule has 1 aromatic heterocycles. The topological polar surface area (TPSA) is 37.4 Å². The molecule has 90 valence electrons. The van der Waals surface area contributed by atoms with Crippen LogP contribution in [0.25, 0.3) is 0 Å². The van der Waals surface area contributed by atoms with Crippen molar-refractivity contribution < 1.29 is 4.74 Å². The van der Waals surface area contributed by atoms with Gasteiger partial charge in [0, 0.05) is 18.5 Å². The Hall–Kier alpha value is -0.650. The Morgan fingerprint density at radius 2 is 2.56 bits per heavy atom. The number of ether oxygens (including phenoxy) is 1. The highest BCUT2D eigenvalue weighted by atomic mass is 32.1. The second kappa shape index (κ2) is 5.61. The number of hydrogen-bond acceptors (Lipinski definition) is 5. The van der Waals surface area contributed by atoms with Crippen LogP contribution in [0.4, 0.5) is 5.13 Å². The summed E-state index contributed by atoms with van der Waals surface area (Å²) in [5.74, 6) is 0. The van der Waals surface area contributed by atoms with E-state index in [9.17, 15) is 0 Å². The highest BCUT2D eigenvalue weighted by molar-refractivity contribution is 7.13. The van der Waals surface area contributed by atoms with Crippen molar-refractivity contribution in [1.29, 1.82) is 0 Å². The monoisotopic (exact) mass is 241 g/mol. The maximum absolute atomic E-state index is 5.50. The third-order valence-electron chi connectivity index (χ3n) is 2.84. The molecule has 1 aromatic rings. The SMILES string of the molecule is CCC1COCCN1c1nc(CNC)cs1. The second-order valence-corrected chi connectivity index (χ2v) is 4.82. The summed E-state index contributed by atoms with van der Waals surface area (Å²) in [7, 11) is 1.95. The summed E-state index contributed by atoms with van der Waals surface area (Å²) in [5.41, 5.74) is 1.13. The van der Waals surface area contributed by atoms with Crippen LogP contribution in [0.1, 0.15) is 19.0 Å². The van der Waals surface area contributed by atoms with E-state index in [-0.39, 0.29) is 0 Å². The van der Waals surface area contributed by atoms with E-state index < -0.39 is 0 Å². The first-order valence-corrected chi connectivity index (χ1v) is 6.66. The zero-order chi connectivity index (χ0) is 11.4. The predicted octanol–water partition coefficient (Wildman–Crippen LogP) is 1.48. The molecule has 0 spiro atoms. The molecular formula is C11H19N3OS. The van der Waals surface area contributed by atoms with E-state index in [1.807, 2.05) is 7.05 Å². The third kappa shape index (κ3) is 2.53. The number of anilines is 1. The highest BCUT2D eigenvalue weighted by Gasteiger charge is 2.23. The van der Waals surface area contributed by atoms with Gasteiger partial charge in [-0.25, -0.2) is 4.98 Å². The second-order valence-electron chi connectivity index (χ2n) is 3.98. The largest absolute Gasteiger partial charge is 0.377 e. The first kappa shape index (κ1) is 11.8. The fourth-order valence-electron chi connectivity index (χ4n) is 1.94. The van der Waals surface area contributed by atoms with Gasteiger partial charge in [-0.15, -0.1) is 11.3 Å². The summed E-state index contributed by atoms with van der Waals surface area (Å²) in [5, 5.41) is 6.40. The van der Waals surface area contributed by atoms with Crippen molar-refractivity contribution in [3.8, 4) is 0 Å². The number of nitrogens with one attached hydrogen (secondary N) is 1. The molecule has 0 bridgehead atoms. The van der Waals surface area contributed by atoms with Crippen LogP contribution in [0.15, 0.2) is 5.38 Å². The molecule has 2 rings (SSSR count). The lowest BCUT2D eigenvalue weighted by molar-refractivity contribution is 0.0929. The Bertz CT molecular complexity index is 329. The lowest BCUT2D eigenvalue weighted by Crippen LogP contribution is -2.45. The Labute approximate surface area is 101 Å². The highest BCUT2D eigenvalue weighted by Crippen LogP contribution is 2.25. The zero-order valence-corrected chi connectivity index (χ0v) is 10.7. The number of thiazole rings is 1. The van der Waals surface area contributed by atoms with E-state index in [4.69, 9.17) is 4.74 Å². The van der Waals surface area contributed by atoms with Gasteiger partial charge < -0.3 is 15.0 Å². The van der Waals surface area contributed by atoms with Gasteiger partial charge in [-0.3, -0.25) is 0 Å². The van der Waals surface area contributed by atoms with Gasteiger partial charge >= 0.3 is 0 Å². The van der Waals surface area contributed by atoms with Crippen LogP contribution in [0.2, 0.25) is 0 Å². The average molecular weight is 241 g/mol. The van der Waals surface area contributed by atoms with Crippen molar-refractivity contribution in [2.24, 2.45) is 0 Å². The standard InChI is InChI=1S/C11H19N3OS/c1-3-10-7-15-5-4-14(10)11-13-9(6-12-2)8-16-11/h8,10,12H,3-7H2,1-2H3. The van der Waals surface area contributed by atoms with Crippen LogP contribution in [-0.4, -0.2) is 37.8 Å². The Morgan fingerprint density at radius 1 is 1.69 bits per heavy atom. The first-order valence-electron chi connectivity index (χ1n) is 5.78. The smallest absolute Gasteiger partial charge is 0.185 e. The fraction of sp³-hybridized carbons (Fsp3) is 0.727. The van der Waals surface area contributed by atoms with Crippen molar-refractivity contribution >= 4 is 16.5 Å². The molecule has 1 unspecified atom stereocenters. The van der Waals surface area contributed by atoms with Gasteiger partial charge in [0.1, 0.15) is 0 Å². The molecule has 16 heavy (non-hydrogen) atoms. The van der Waals surface area contributed by atoms with Gasteiger partial charge in [0.15, 0.2) is 5.13 Å². The molecule has 1 atom stereocenters. The van der Waals surface area contributed by atoms with Gasteiger partial charge in [-0.1, -0.05) is 6.92 Å². The lowest BCUT2D eigenvalue weighted by atomic mass is 10.2. The lowest BCUT2D eigenvalue weighted by Gasteiger charge is -2.34. The summed E-state index contributed by atoms with van der Waals surface area (Å²) in [6, 6.07) is 0.488. The maximum atomic E-state index is 5.50. The van der Waals surface area contributed by atoms with E-state index >= 15 is 0 Å². The van der Waals surface area contributed by atoms with Crippen molar-refractivity contribution in [1.82, 2.24) is 10.3 Å².